The molecule has 144 valence electrons. The molecule has 0 aliphatic heterocycles. The molecule has 0 aliphatic rings. The number of phenols is 1. The monoisotopic (exact) mass is 542 g/mol. The number of ketones is 1. The van der Waals surface area contributed by atoms with Crippen molar-refractivity contribution in [1.29, 1.82) is 1.28 Å². The molecule has 0 heterocycles. The number of hydrogen-bond donors (Lipinski definition) is 1. The van der Waals surface area contributed by atoms with Crippen LogP contribution in [-0.2, 0) is 7.53 Å². The largest absolute Gasteiger partial charge is 0.507 e. The van der Waals surface area contributed by atoms with E-state index in [2.05, 4.69) is 21.2 Å². The van der Waals surface area contributed by atoms with Gasteiger partial charge >= 0.3 is 0 Å². The number of benzene rings is 3. The number of hydrogen-bond acceptors (Lipinski definition) is 4. The van der Waals surface area contributed by atoms with Crippen LogP contribution < -0.4 is 4.18 Å². The van der Waals surface area contributed by atoms with Crippen LogP contribution in [0, 0.1) is 6.92 Å². The Labute approximate surface area is 186 Å². The summed E-state index contributed by atoms with van der Waals surface area (Å²) in [7, 11) is -0.103. The van der Waals surface area contributed by atoms with E-state index in [1.807, 2.05) is 49.4 Å². The highest BCUT2D eigenvalue weighted by atomic mass is 127. The number of aromatic hydroxyl groups is 1. The highest BCUT2D eigenvalue weighted by Crippen LogP contribution is 2.41. The third kappa shape index (κ3) is 5.60. The Kier molecular flexibility index (Phi) is 7.07. The number of halogens is 1. The molecule has 3 aromatic rings. The predicted molar refractivity (Wildman–Crippen MR) is 129 cm³/mol. The standard InChI is InChI=1S/C21H18IO3PS2/c1-14-7-12-19(18(23)13-14)27-21(16-5-3-2-4-6-16)20(24)15-8-10-17(11-9-15)25-28(22)26/h2-13,21,23,26H,1H3/i26T. The number of carbonyl (C=O) groups excluding carboxylic acids is 1. The van der Waals surface area contributed by atoms with Crippen LogP contribution >= 0.6 is 40.9 Å². The van der Waals surface area contributed by atoms with E-state index < -0.39 is 12.8 Å². The van der Waals surface area contributed by atoms with E-state index in [1.165, 1.54) is 11.8 Å². The van der Waals surface area contributed by atoms with Gasteiger partial charge in [-0.1, -0.05) is 36.4 Å². The molecule has 0 aromatic heterocycles. The van der Waals surface area contributed by atoms with Crippen molar-refractivity contribution in [1.82, 2.24) is 0 Å². The number of carbonyl (C=O) groups is 1. The Morgan fingerprint density at radius 1 is 1.18 bits per heavy atom. The SMILES string of the molecule is [3H]P=S(I)Oc1ccc(C(=O)C(Sc2ccc(C)cc2O)c2ccccc2)cc1. The van der Waals surface area contributed by atoms with Gasteiger partial charge in [-0.2, -0.15) is 0 Å². The minimum Gasteiger partial charge on any atom is -0.507 e. The quantitative estimate of drug-likeness (QED) is 0.156. The summed E-state index contributed by atoms with van der Waals surface area (Å²) in [5.41, 5.74) is 2.41. The third-order valence-corrected chi connectivity index (χ3v) is 6.42. The van der Waals surface area contributed by atoms with Gasteiger partial charge in [0.15, 0.2) is 5.78 Å². The smallest absolute Gasteiger partial charge is 0.180 e. The van der Waals surface area contributed by atoms with Gasteiger partial charge in [-0.15, -0.1) is 11.8 Å². The molecule has 0 saturated heterocycles. The zero-order valence-electron chi connectivity index (χ0n) is 15.9. The zero-order chi connectivity index (χ0) is 20.8. The maximum Gasteiger partial charge on any atom is 0.180 e. The van der Waals surface area contributed by atoms with E-state index in [1.54, 1.807) is 30.3 Å². The summed E-state index contributed by atoms with van der Waals surface area (Å²) in [5, 5.41) is 9.83. The second-order valence-corrected chi connectivity index (χ2v) is 13.3. The van der Waals surface area contributed by atoms with Crippen LogP contribution in [0.3, 0.4) is 0 Å². The summed E-state index contributed by atoms with van der Waals surface area (Å²) in [5.74, 6) is 0.773. The minimum atomic E-state index is -0.523. The van der Waals surface area contributed by atoms with Gasteiger partial charge in [-0.3, -0.25) is 4.79 Å². The van der Waals surface area contributed by atoms with E-state index in [-0.39, 0.29) is 11.5 Å². The molecule has 2 unspecified atom stereocenters. The molecular weight excluding hydrogens is 522 g/mol. The average molecular weight is 542 g/mol. The highest BCUT2D eigenvalue weighted by Gasteiger charge is 2.24. The number of Topliss-reactive ketones (excluding diaryl/α,β-unsaturated/α-hetero) is 1. The first-order chi connectivity index (χ1) is 14.0. The molecule has 1 N–H and O–H groups in total. The van der Waals surface area contributed by atoms with Gasteiger partial charge in [-0.05, 0) is 62.4 Å². The van der Waals surface area contributed by atoms with Gasteiger partial charge in [0.05, 0.1) is 17.7 Å². The topological polar surface area (TPSA) is 46.5 Å². The van der Waals surface area contributed by atoms with Crippen molar-refractivity contribution in [2.24, 2.45) is 0 Å². The second kappa shape index (κ2) is 9.92. The van der Waals surface area contributed by atoms with Crippen molar-refractivity contribution in [3.63, 3.8) is 0 Å². The Morgan fingerprint density at radius 3 is 2.54 bits per heavy atom. The lowest BCUT2D eigenvalue weighted by Gasteiger charge is -2.17. The first kappa shape index (κ1) is 20.0. The van der Waals surface area contributed by atoms with E-state index in [0.717, 1.165) is 11.1 Å². The summed E-state index contributed by atoms with van der Waals surface area (Å²) in [4.78, 5) is 14.0. The minimum absolute atomic E-state index is 0.0418. The maximum absolute atomic E-state index is 13.3. The molecular formula is C21H18IO3PS2. The van der Waals surface area contributed by atoms with Crippen LogP contribution in [-0.4, -0.2) is 12.2 Å². The lowest BCUT2D eigenvalue weighted by Crippen LogP contribution is -2.10. The van der Waals surface area contributed by atoms with Gasteiger partial charge in [0, 0.05) is 26.8 Å². The molecule has 2 atom stereocenters. The summed E-state index contributed by atoms with van der Waals surface area (Å²) in [6.07, 6.45) is 0. The molecule has 7 heteroatoms. The summed E-state index contributed by atoms with van der Waals surface area (Å²) < 4.78 is 13.0. The van der Waals surface area contributed by atoms with Crippen molar-refractivity contribution in [3.8, 4) is 11.5 Å². The van der Waals surface area contributed by atoms with E-state index in [9.17, 15) is 9.90 Å². The molecule has 0 saturated carbocycles. The molecule has 3 nitrogen and oxygen atoms in total. The van der Waals surface area contributed by atoms with E-state index in [4.69, 9.17) is 5.46 Å². The third-order valence-electron chi connectivity index (χ3n) is 4.00. The van der Waals surface area contributed by atoms with Crippen LogP contribution in [0.1, 0.15) is 26.7 Å². The van der Waals surface area contributed by atoms with Gasteiger partial charge < -0.3 is 9.29 Å². The van der Waals surface area contributed by atoms with Crippen LogP contribution in [0.4, 0.5) is 0 Å². The Balaban J connectivity index is 1.90. The van der Waals surface area contributed by atoms with Crippen LogP contribution in [0.25, 0.3) is 0 Å². The number of phenolic OH excluding ortho intramolecular Hbond substituents is 1. The Hall–Kier alpha value is -1.34. The van der Waals surface area contributed by atoms with Gasteiger partial charge in [0.1, 0.15) is 12.8 Å². The summed E-state index contributed by atoms with van der Waals surface area (Å²) >= 11 is 3.42. The average Bonchev–Trinajstić information content (AvgIpc) is 2.74. The van der Waals surface area contributed by atoms with Crippen LogP contribution in [0.15, 0.2) is 77.7 Å². The van der Waals surface area contributed by atoms with Crippen molar-refractivity contribution in [2.45, 2.75) is 17.1 Å². The number of thioether (sulfide) groups is 1. The Morgan fingerprint density at radius 2 is 1.89 bits per heavy atom. The second-order valence-electron chi connectivity index (χ2n) is 6.06. The summed E-state index contributed by atoms with van der Waals surface area (Å²) in [6, 6.07) is 22.1. The van der Waals surface area contributed by atoms with Crippen molar-refractivity contribution >= 4 is 54.2 Å². The van der Waals surface area contributed by atoms with Crippen molar-refractivity contribution in [3.05, 3.63) is 89.5 Å². The predicted octanol–water partition coefficient (Wildman–Crippen LogP) is 6.74. The van der Waals surface area contributed by atoms with Crippen molar-refractivity contribution < 1.29 is 14.1 Å². The lowest BCUT2D eigenvalue weighted by atomic mass is 10.0. The highest BCUT2D eigenvalue weighted by molar-refractivity contribution is 14.2. The molecule has 0 amide bonds. The van der Waals surface area contributed by atoms with Gasteiger partial charge in [-0.25, -0.2) is 0 Å². The first-order valence-electron chi connectivity index (χ1n) is 8.82. The first-order valence-corrected chi connectivity index (χ1v) is 14.0. The fourth-order valence-corrected chi connectivity index (χ4v) is 4.93. The molecule has 0 radical (unpaired) electrons. The number of rotatable bonds is 7. The van der Waals surface area contributed by atoms with Gasteiger partial charge in [0.2, 0.25) is 0 Å². The van der Waals surface area contributed by atoms with Crippen LogP contribution in [0.5, 0.6) is 11.5 Å². The van der Waals surface area contributed by atoms with E-state index >= 15 is 0 Å². The fraction of sp³-hybridized carbons (Fsp3) is 0.0952. The van der Waals surface area contributed by atoms with E-state index in [0.29, 0.717) is 24.2 Å². The molecule has 28 heavy (non-hydrogen) atoms. The van der Waals surface area contributed by atoms with Gasteiger partial charge in [0.25, 0.3) is 0 Å². The van der Waals surface area contributed by atoms with Crippen LogP contribution in [0.2, 0.25) is 0 Å². The molecule has 3 rings (SSSR count). The maximum atomic E-state index is 13.3. The zero-order valence-corrected chi connectivity index (χ0v) is 19.6. The number of aryl methyl sites for hydroxylation is 1. The normalized spacial score (nSPS) is 13.6. The summed E-state index contributed by atoms with van der Waals surface area (Å²) in [6.45, 7) is 1.92. The molecule has 3 aromatic carbocycles. The molecule has 0 fully saturated rings. The lowest BCUT2D eigenvalue weighted by molar-refractivity contribution is 0.0989. The Bertz CT molecular complexity index is 1030. The molecule has 0 aliphatic carbocycles. The van der Waals surface area contributed by atoms with Crippen molar-refractivity contribution in [2.75, 3.05) is 0 Å². The molecule has 0 spiro atoms. The molecule has 0 bridgehead atoms. The fourth-order valence-electron chi connectivity index (χ4n) is 2.66.